The third kappa shape index (κ3) is 3.51. The van der Waals surface area contributed by atoms with Crippen LogP contribution in [-0.2, 0) is 12.0 Å². The van der Waals surface area contributed by atoms with Crippen LogP contribution in [0.2, 0.25) is 0 Å². The van der Waals surface area contributed by atoms with Gasteiger partial charge in [-0.25, -0.2) is 0 Å². The smallest absolute Gasteiger partial charge is 0.167 e. The zero-order chi connectivity index (χ0) is 18.1. The van der Waals surface area contributed by atoms with Gasteiger partial charge in [-0.1, -0.05) is 52.3 Å². The number of rotatable bonds is 3. The molecule has 1 aliphatic heterocycles. The molecule has 136 valence electrons. The van der Waals surface area contributed by atoms with Gasteiger partial charge >= 0.3 is 0 Å². The third-order valence-electron chi connectivity index (χ3n) is 5.94. The quantitative estimate of drug-likeness (QED) is 0.820. The molecule has 0 spiro atoms. The number of ketones is 1. The number of Topliss-reactive ketones (excluding diaryl/α,β-unsaturated/α-hetero) is 1. The summed E-state index contributed by atoms with van der Waals surface area (Å²) in [7, 11) is 0. The summed E-state index contributed by atoms with van der Waals surface area (Å²) in [4.78, 5) is 15.2. The van der Waals surface area contributed by atoms with Crippen LogP contribution in [0.5, 0.6) is 0 Å². The number of carbonyl (C=O) groups is 1. The summed E-state index contributed by atoms with van der Waals surface area (Å²) in [6, 6.07) is 16.0. The Morgan fingerprint density at radius 3 is 2.58 bits per heavy atom. The van der Waals surface area contributed by atoms with Crippen LogP contribution in [0.15, 0.2) is 53.0 Å². The molecule has 1 heterocycles. The van der Waals surface area contributed by atoms with Gasteiger partial charge in [0.2, 0.25) is 0 Å². The number of hydrogen-bond acceptors (Lipinski definition) is 3. The maximum atomic E-state index is 12.9. The molecule has 1 unspecified atom stereocenters. The fourth-order valence-corrected chi connectivity index (χ4v) is 4.73. The Bertz CT molecular complexity index is 797. The van der Waals surface area contributed by atoms with E-state index in [1.807, 2.05) is 42.5 Å². The molecule has 0 amide bonds. The Morgan fingerprint density at radius 1 is 1.12 bits per heavy atom. The van der Waals surface area contributed by atoms with Crippen LogP contribution in [0.1, 0.15) is 40.7 Å². The van der Waals surface area contributed by atoms with E-state index < -0.39 is 5.60 Å². The van der Waals surface area contributed by atoms with Crippen LogP contribution in [-0.4, -0.2) is 35.4 Å². The largest absolute Gasteiger partial charge is 0.385 e. The summed E-state index contributed by atoms with van der Waals surface area (Å²) in [5, 5.41) is 11.0. The molecular weight excluding hydrogens is 390 g/mol. The van der Waals surface area contributed by atoms with Gasteiger partial charge in [-0.05, 0) is 48.9 Å². The van der Waals surface area contributed by atoms with E-state index in [4.69, 9.17) is 0 Å². The molecule has 1 fully saturated rings. The molecule has 1 aliphatic carbocycles. The summed E-state index contributed by atoms with van der Waals surface area (Å²) < 4.78 is 1.04. The highest BCUT2D eigenvalue weighted by Gasteiger charge is 2.36. The number of benzene rings is 2. The lowest BCUT2D eigenvalue weighted by Gasteiger charge is -2.40. The molecular formula is C22H24BrNO2. The van der Waals surface area contributed by atoms with Crippen LogP contribution in [0.4, 0.5) is 0 Å². The SMILES string of the molecule is O=C1c2ccc(Br)cc2CCC1CN1CCC(O)(c2ccccc2)CC1. The van der Waals surface area contributed by atoms with E-state index in [0.29, 0.717) is 0 Å². The zero-order valence-corrected chi connectivity index (χ0v) is 16.4. The van der Waals surface area contributed by atoms with E-state index in [-0.39, 0.29) is 11.7 Å². The minimum Gasteiger partial charge on any atom is -0.385 e. The Hall–Kier alpha value is -1.49. The highest BCUT2D eigenvalue weighted by molar-refractivity contribution is 9.10. The van der Waals surface area contributed by atoms with Crippen molar-refractivity contribution in [2.45, 2.75) is 31.3 Å². The molecule has 4 heteroatoms. The molecule has 1 saturated heterocycles. The van der Waals surface area contributed by atoms with Crippen LogP contribution < -0.4 is 0 Å². The average Bonchev–Trinajstić information content (AvgIpc) is 2.66. The summed E-state index contributed by atoms with van der Waals surface area (Å²) in [6.45, 7) is 2.48. The molecule has 0 radical (unpaired) electrons. The van der Waals surface area contributed by atoms with Crippen molar-refractivity contribution in [1.29, 1.82) is 0 Å². The molecule has 0 aromatic heterocycles. The first-order valence-electron chi connectivity index (χ1n) is 9.38. The van der Waals surface area contributed by atoms with Crippen LogP contribution in [0, 0.1) is 5.92 Å². The minimum atomic E-state index is -0.729. The molecule has 26 heavy (non-hydrogen) atoms. The van der Waals surface area contributed by atoms with Crippen LogP contribution in [0.25, 0.3) is 0 Å². The first-order chi connectivity index (χ1) is 12.5. The number of fused-ring (bicyclic) bond motifs is 1. The summed E-state index contributed by atoms with van der Waals surface area (Å²) in [5.41, 5.74) is 2.33. The standard InChI is InChI=1S/C22H24BrNO2/c23-19-8-9-20-16(14-19)6-7-17(21(20)25)15-24-12-10-22(26,11-13-24)18-4-2-1-3-5-18/h1-5,8-9,14,17,26H,6-7,10-13,15H2. The van der Waals surface area contributed by atoms with Crippen LogP contribution >= 0.6 is 15.9 Å². The predicted octanol–water partition coefficient (Wildman–Crippen LogP) is 4.18. The highest BCUT2D eigenvalue weighted by atomic mass is 79.9. The number of aliphatic hydroxyl groups is 1. The summed E-state index contributed by atoms with van der Waals surface area (Å²) in [6.07, 6.45) is 3.33. The first kappa shape index (κ1) is 17.9. The van der Waals surface area contributed by atoms with Gasteiger partial charge in [-0.2, -0.15) is 0 Å². The van der Waals surface area contributed by atoms with Crippen molar-refractivity contribution < 1.29 is 9.90 Å². The molecule has 0 saturated carbocycles. The minimum absolute atomic E-state index is 0.0755. The van der Waals surface area contributed by atoms with Crippen molar-refractivity contribution in [3.05, 3.63) is 69.7 Å². The second-order valence-corrected chi connectivity index (χ2v) is 8.52. The van der Waals surface area contributed by atoms with Crippen molar-refractivity contribution >= 4 is 21.7 Å². The number of likely N-dealkylation sites (tertiary alicyclic amines) is 1. The Morgan fingerprint density at radius 2 is 1.85 bits per heavy atom. The lowest BCUT2D eigenvalue weighted by atomic mass is 9.81. The van der Waals surface area contributed by atoms with Crippen molar-refractivity contribution in [2.75, 3.05) is 19.6 Å². The number of hydrogen-bond donors (Lipinski definition) is 1. The fourth-order valence-electron chi connectivity index (χ4n) is 4.32. The predicted molar refractivity (Wildman–Crippen MR) is 106 cm³/mol. The highest BCUT2D eigenvalue weighted by Crippen LogP contribution is 2.34. The van der Waals surface area contributed by atoms with Gasteiger partial charge in [0.15, 0.2) is 5.78 Å². The van der Waals surface area contributed by atoms with E-state index in [9.17, 15) is 9.90 Å². The molecule has 2 aromatic carbocycles. The number of halogens is 1. The molecule has 1 atom stereocenters. The van der Waals surface area contributed by atoms with Gasteiger partial charge in [-0.3, -0.25) is 4.79 Å². The average molecular weight is 414 g/mol. The summed E-state index contributed by atoms with van der Waals surface area (Å²) >= 11 is 3.49. The zero-order valence-electron chi connectivity index (χ0n) is 14.8. The Labute approximate surface area is 163 Å². The maximum Gasteiger partial charge on any atom is 0.167 e. The van der Waals surface area contributed by atoms with Gasteiger partial charge in [0.05, 0.1) is 5.60 Å². The second-order valence-electron chi connectivity index (χ2n) is 7.60. The Kier molecular flexibility index (Phi) is 5.00. The Balaban J connectivity index is 1.39. The van der Waals surface area contributed by atoms with Crippen molar-refractivity contribution in [1.82, 2.24) is 4.90 Å². The number of carbonyl (C=O) groups excluding carboxylic acids is 1. The van der Waals surface area contributed by atoms with Gasteiger partial charge in [-0.15, -0.1) is 0 Å². The molecule has 3 nitrogen and oxygen atoms in total. The second kappa shape index (κ2) is 7.26. The van der Waals surface area contributed by atoms with Crippen LogP contribution in [0.3, 0.4) is 0 Å². The van der Waals surface area contributed by atoms with E-state index in [2.05, 4.69) is 26.9 Å². The first-order valence-corrected chi connectivity index (χ1v) is 10.2. The van der Waals surface area contributed by atoms with E-state index in [1.54, 1.807) is 0 Å². The van der Waals surface area contributed by atoms with Gasteiger partial charge in [0.1, 0.15) is 0 Å². The number of piperidine rings is 1. The third-order valence-corrected chi connectivity index (χ3v) is 6.43. The lowest BCUT2D eigenvalue weighted by Crippen LogP contribution is -2.45. The van der Waals surface area contributed by atoms with Crippen molar-refractivity contribution in [3.8, 4) is 0 Å². The normalized spacial score (nSPS) is 22.8. The van der Waals surface area contributed by atoms with E-state index in [1.165, 1.54) is 0 Å². The molecule has 2 aliphatic rings. The molecule has 1 N–H and O–H groups in total. The monoisotopic (exact) mass is 413 g/mol. The fraction of sp³-hybridized carbons (Fsp3) is 0.409. The van der Waals surface area contributed by atoms with Gasteiger partial charge < -0.3 is 10.0 Å². The van der Waals surface area contributed by atoms with E-state index in [0.717, 1.165) is 66.5 Å². The molecule has 4 rings (SSSR count). The lowest BCUT2D eigenvalue weighted by molar-refractivity contribution is -0.0283. The number of nitrogens with zero attached hydrogens (tertiary/aromatic N) is 1. The van der Waals surface area contributed by atoms with Crippen molar-refractivity contribution in [2.24, 2.45) is 5.92 Å². The van der Waals surface area contributed by atoms with Crippen molar-refractivity contribution in [3.63, 3.8) is 0 Å². The van der Waals surface area contributed by atoms with E-state index >= 15 is 0 Å². The maximum absolute atomic E-state index is 12.9. The van der Waals surface area contributed by atoms with Gasteiger partial charge in [0.25, 0.3) is 0 Å². The number of aryl methyl sites for hydroxylation is 1. The molecule has 0 bridgehead atoms. The van der Waals surface area contributed by atoms with Gasteiger partial charge in [0, 0.05) is 35.6 Å². The molecule has 2 aromatic rings. The summed E-state index contributed by atoms with van der Waals surface area (Å²) in [5.74, 6) is 0.356. The topological polar surface area (TPSA) is 40.5 Å².